The van der Waals surface area contributed by atoms with Crippen LogP contribution in [-0.4, -0.2) is 19.4 Å². The fourth-order valence-electron chi connectivity index (χ4n) is 2.36. The van der Waals surface area contributed by atoms with Gasteiger partial charge in [-0.25, -0.2) is 9.97 Å². The maximum Gasteiger partial charge on any atom is 0.259 e. The number of hydrogen-bond acceptors (Lipinski definition) is 6. The molecule has 0 aromatic carbocycles. The fourth-order valence-corrected chi connectivity index (χ4v) is 3.96. The van der Waals surface area contributed by atoms with Crippen molar-refractivity contribution in [3.63, 3.8) is 0 Å². The number of hydrogen-bond donors (Lipinski definition) is 0. The summed E-state index contributed by atoms with van der Waals surface area (Å²) < 4.78 is 1.62. The zero-order valence-electron chi connectivity index (χ0n) is 12.7. The molecule has 0 radical (unpaired) electrons. The topological polar surface area (TPSA) is 60.2 Å². The second-order valence-electron chi connectivity index (χ2n) is 5.11. The van der Waals surface area contributed by atoms with Gasteiger partial charge in [-0.15, -0.1) is 22.7 Å². The van der Waals surface area contributed by atoms with Crippen LogP contribution < -0.4 is 5.56 Å². The largest absolute Gasteiger partial charge is 0.269 e. The third kappa shape index (κ3) is 2.79. The van der Waals surface area contributed by atoms with Gasteiger partial charge >= 0.3 is 0 Å². The van der Waals surface area contributed by atoms with Gasteiger partial charge in [0.25, 0.3) is 5.56 Å². The molecule has 0 aliphatic carbocycles. The third-order valence-corrected chi connectivity index (χ3v) is 5.14. The number of nitrogens with zero attached hydrogens (tertiary/aromatic N) is 4. The SMILES string of the molecule is Cc1ncc(/C=C/c2cc(=O)n3c(-c4cccnc4)csc3n2)s1. The van der Waals surface area contributed by atoms with E-state index < -0.39 is 0 Å². The van der Waals surface area contributed by atoms with Crippen molar-refractivity contribution in [2.75, 3.05) is 0 Å². The molecular formula is C17H12N4OS2. The Morgan fingerprint density at radius 2 is 2.17 bits per heavy atom. The summed E-state index contributed by atoms with van der Waals surface area (Å²) in [5.74, 6) is 0. The van der Waals surface area contributed by atoms with Gasteiger partial charge in [0.15, 0.2) is 4.96 Å². The van der Waals surface area contributed by atoms with Crippen LogP contribution in [0.15, 0.2) is 47.0 Å². The van der Waals surface area contributed by atoms with Crippen molar-refractivity contribution >= 4 is 39.8 Å². The molecule has 24 heavy (non-hydrogen) atoms. The van der Waals surface area contributed by atoms with Crippen molar-refractivity contribution in [1.29, 1.82) is 0 Å². The van der Waals surface area contributed by atoms with Crippen molar-refractivity contribution in [2.45, 2.75) is 6.92 Å². The molecular weight excluding hydrogens is 340 g/mol. The summed E-state index contributed by atoms with van der Waals surface area (Å²) in [6, 6.07) is 5.33. The van der Waals surface area contributed by atoms with E-state index in [4.69, 9.17) is 0 Å². The number of fused-ring (bicyclic) bond motifs is 1. The highest BCUT2D eigenvalue weighted by atomic mass is 32.1. The molecule has 4 aromatic heterocycles. The summed E-state index contributed by atoms with van der Waals surface area (Å²) in [6.45, 7) is 1.96. The van der Waals surface area contributed by atoms with E-state index in [1.165, 1.54) is 11.3 Å². The molecule has 0 amide bonds. The van der Waals surface area contributed by atoms with Crippen molar-refractivity contribution in [3.8, 4) is 11.3 Å². The molecule has 0 spiro atoms. The van der Waals surface area contributed by atoms with E-state index >= 15 is 0 Å². The molecule has 4 aromatic rings. The van der Waals surface area contributed by atoms with Crippen LogP contribution >= 0.6 is 22.7 Å². The average Bonchev–Trinajstić information content (AvgIpc) is 3.20. The lowest BCUT2D eigenvalue weighted by Crippen LogP contribution is -2.13. The number of aryl methyl sites for hydroxylation is 1. The van der Waals surface area contributed by atoms with Gasteiger partial charge < -0.3 is 0 Å². The van der Waals surface area contributed by atoms with E-state index in [-0.39, 0.29) is 5.56 Å². The standard InChI is InChI=1S/C17H12N4OS2/c1-11-19-9-14(24-11)5-4-13-7-16(22)21-15(10-23-17(21)20-13)12-3-2-6-18-8-12/h2-10H,1H3/b5-4+. The quantitative estimate of drug-likeness (QED) is 0.563. The highest BCUT2D eigenvalue weighted by molar-refractivity contribution is 7.15. The molecule has 0 unspecified atom stereocenters. The summed E-state index contributed by atoms with van der Waals surface area (Å²) in [7, 11) is 0. The van der Waals surface area contributed by atoms with Crippen LogP contribution in [0.2, 0.25) is 0 Å². The van der Waals surface area contributed by atoms with Crippen LogP contribution in [0.3, 0.4) is 0 Å². The van der Waals surface area contributed by atoms with Crippen LogP contribution in [0.4, 0.5) is 0 Å². The molecule has 0 N–H and O–H groups in total. The summed E-state index contributed by atoms with van der Waals surface area (Å²) >= 11 is 3.05. The summed E-state index contributed by atoms with van der Waals surface area (Å²) in [5.41, 5.74) is 2.26. The van der Waals surface area contributed by atoms with E-state index in [1.807, 2.05) is 42.8 Å². The van der Waals surface area contributed by atoms with Gasteiger partial charge in [0, 0.05) is 40.5 Å². The van der Waals surface area contributed by atoms with Gasteiger partial charge in [0.1, 0.15) is 0 Å². The maximum absolute atomic E-state index is 12.5. The Morgan fingerprint density at radius 3 is 2.92 bits per heavy atom. The van der Waals surface area contributed by atoms with Gasteiger partial charge in [-0.2, -0.15) is 0 Å². The zero-order chi connectivity index (χ0) is 16.5. The summed E-state index contributed by atoms with van der Waals surface area (Å²) in [4.78, 5) is 27.1. The second kappa shape index (κ2) is 6.10. The van der Waals surface area contributed by atoms with Gasteiger partial charge in [-0.1, -0.05) is 0 Å². The first kappa shape index (κ1) is 14.9. The zero-order valence-corrected chi connectivity index (χ0v) is 14.3. The van der Waals surface area contributed by atoms with E-state index in [0.717, 1.165) is 21.1 Å². The lowest BCUT2D eigenvalue weighted by molar-refractivity contribution is 1.07. The molecule has 4 heterocycles. The predicted molar refractivity (Wildman–Crippen MR) is 98.3 cm³/mol. The second-order valence-corrected chi connectivity index (χ2v) is 7.22. The Hall–Kier alpha value is -2.64. The Kier molecular flexibility index (Phi) is 3.79. The number of aromatic nitrogens is 4. The lowest BCUT2D eigenvalue weighted by atomic mass is 10.2. The van der Waals surface area contributed by atoms with Crippen molar-refractivity contribution < 1.29 is 0 Å². The lowest BCUT2D eigenvalue weighted by Gasteiger charge is -2.01. The normalized spacial score (nSPS) is 11.5. The van der Waals surface area contributed by atoms with Crippen molar-refractivity contribution in [2.24, 2.45) is 0 Å². The molecule has 0 saturated heterocycles. The Balaban J connectivity index is 1.77. The first-order valence-corrected chi connectivity index (χ1v) is 8.92. The van der Waals surface area contributed by atoms with Crippen LogP contribution in [-0.2, 0) is 0 Å². The maximum atomic E-state index is 12.5. The molecule has 7 heteroatoms. The first-order chi connectivity index (χ1) is 11.7. The molecule has 0 atom stereocenters. The fraction of sp³-hybridized carbons (Fsp3) is 0.0588. The van der Waals surface area contributed by atoms with Crippen molar-refractivity contribution in [1.82, 2.24) is 19.4 Å². The molecule has 0 saturated carbocycles. The van der Waals surface area contributed by atoms with Gasteiger partial charge in [-0.3, -0.25) is 14.2 Å². The van der Waals surface area contributed by atoms with Crippen LogP contribution in [0, 0.1) is 6.92 Å². The Bertz CT molecular complexity index is 1090. The van der Waals surface area contributed by atoms with E-state index in [2.05, 4.69) is 15.0 Å². The van der Waals surface area contributed by atoms with E-state index in [1.54, 1.807) is 34.2 Å². The minimum Gasteiger partial charge on any atom is -0.269 e. The Labute approximate surface area is 145 Å². The molecule has 4 rings (SSSR count). The third-order valence-electron chi connectivity index (χ3n) is 3.44. The number of rotatable bonds is 3. The summed E-state index contributed by atoms with van der Waals surface area (Å²) in [6.07, 6.45) is 9.04. The molecule has 5 nitrogen and oxygen atoms in total. The molecule has 0 bridgehead atoms. The molecule has 0 aliphatic heterocycles. The average molecular weight is 352 g/mol. The Morgan fingerprint density at radius 1 is 1.25 bits per heavy atom. The monoisotopic (exact) mass is 352 g/mol. The molecule has 0 fully saturated rings. The molecule has 0 aliphatic rings. The minimum atomic E-state index is -0.0970. The predicted octanol–water partition coefficient (Wildman–Crippen LogP) is 3.75. The van der Waals surface area contributed by atoms with Gasteiger partial charge in [-0.05, 0) is 31.2 Å². The van der Waals surface area contributed by atoms with Gasteiger partial charge in [0.2, 0.25) is 0 Å². The first-order valence-electron chi connectivity index (χ1n) is 7.23. The number of pyridine rings is 1. The van der Waals surface area contributed by atoms with E-state index in [9.17, 15) is 4.79 Å². The highest BCUT2D eigenvalue weighted by Gasteiger charge is 2.10. The molecule has 118 valence electrons. The number of thiazole rings is 2. The van der Waals surface area contributed by atoms with Crippen LogP contribution in [0.25, 0.3) is 28.4 Å². The van der Waals surface area contributed by atoms with Gasteiger partial charge in [0.05, 0.1) is 16.4 Å². The highest BCUT2D eigenvalue weighted by Crippen LogP contribution is 2.23. The van der Waals surface area contributed by atoms with E-state index in [0.29, 0.717) is 10.7 Å². The van der Waals surface area contributed by atoms with Crippen molar-refractivity contribution in [3.05, 3.63) is 68.1 Å². The van der Waals surface area contributed by atoms with Crippen LogP contribution in [0.1, 0.15) is 15.6 Å². The van der Waals surface area contributed by atoms with Crippen LogP contribution in [0.5, 0.6) is 0 Å². The smallest absolute Gasteiger partial charge is 0.259 e. The minimum absolute atomic E-state index is 0.0970. The summed E-state index contributed by atoms with van der Waals surface area (Å²) in [5, 5.41) is 2.94.